The summed E-state index contributed by atoms with van der Waals surface area (Å²) in [4.78, 5) is 36.4. The quantitative estimate of drug-likeness (QED) is 0.475. The smallest absolute Gasteiger partial charge is 0.292 e. The Hall–Kier alpha value is -2.90. The Labute approximate surface area is 111 Å². The number of nitro groups is 1. The number of halogens is 1. The fraction of sp³-hybridized carbons (Fsp3) is 0.0833. The molecule has 8 heteroatoms. The van der Waals surface area contributed by atoms with Crippen molar-refractivity contribution in [2.45, 2.75) is 6.54 Å². The van der Waals surface area contributed by atoms with Crippen molar-refractivity contribution in [1.82, 2.24) is 9.55 Å². The molecule has 1 heterocycles. The monoisotopic (exact) mass is 277 g/mol. The first kappa shape index (κ1) is 13.5. The Morgan fingerprint density at radius 1 is 1.40 bits per heavy atom. The van der Waals surface area contributed by atoms with Crippen LogP contribution in [0.15, 0.2) is 41.5 Å². The topological polar surface area (TPSA) is 95.1 Å². The van der Waals surface area contributed by atoms with Crippen molar-refractivity contribution in [3.63, 3.8) is 0 Å². The van der Waals surface area contributed by atoms with E-state index in [1.54, 1.807) is 0 Å². The maximum Gasteiger partial charge on any atom is 0.348 e. The lowest BCUT2D eigenvalue weighted by atomic mass is 10.1. The molecule has 0 fully saturated rings. The molecule has 1 aromatic carbocycles. The zero-order chi connectivity index (χ0) is 14.7. The summed E-state index contributed by atoms with van der Waals surface area (Å²) in [6.07, 6.45) is 1.69. The van der Waals surface area contributed by atoms with E-state index in [1.165, 1.54) is 18.2 Å². The molecule has 102 valence electrons. The van der Waals surface area contributed by atoms with Crippen molar-refractivity contribution in [3.05, 3.63) is 68.6 Å². The number of Topliss-reactive ketones (excluding diaryl/α,β-unsaturated/α-hetero) is 1. The van der Waals surface area contributed by atoms with Gasteiger partial charge in [0.2, 0.25) is 0 Å². The van der Waals surface area contributed by atoms with Gasteiger partial charge in [0.1, 0.15) is 12.0 Å². The molecule has 0 spiro atoms. The molecule has 2 aromatic rings. The Morgan fingerprint density at radius 2 is 2.10 bits per heavy atom. The number of hydrogen-bond donors (Lipinski definition) is 0. The van der Waals surface area contributed by atoms with Crippen molar-refractivity contribution in [2.75, 3.05) is 0 Å². The van der Waals surface area contributed by atoms with Crippen molar-refractivity contribution in [2.24, 2.45) is 0 Å². The maximum absolute atomic E-state index is 13.4. The van der Waals surface area contributed by atoms with Crippen LogP contribution >= 0.6 is 0 Å². The second kappa shape index (κ2) is 5.39. The van der Waals surface area contributed by atoms with Gasteiger partial charge in [-0.25, -0.2) is 9.18 Å². The zero-order valence-corrected chi connectivity index (χ0v) is 10.0. The van der Waals surface area contributed by atoms with Gasteiger partial charge in [-0.1, -0.05) is 12.1 Å². The van der Waals surface area contributed by atoms with Crippen LogP contribution in [0, 0.1) is 15.9 Å². The molecule has 0 atom stereocenters. The lowest BCUT2D eigenvalue weighted by Crippen LogP contribution is -2.26. The van der Waals surface area contributed by atoms with Crippen LogP contribution in [0.2, 0.25) is 0 Å². The molecule has 0 aliphatic carbocycles. The van der Waals surface area contributed by atoms with Crippen LogP contribution in [0.25, 0.3) is 0 Å². The highest BCUT2D eigenvalue weighted by atomic mass is 19.1. The van der Waals surface area contributed by atoms with Gasteiger partial charge in [0.05, 0.1) is 23.2 Å². The van der Waals surface area contributed by atoms with Crippen LogP contribution in [-0.2, 0) is 6.54 Å². The average molecular weight is 277 g/mol. The maximum atomic E-state index is 13.4. The van der Waals surface area contributed by atoms with Crippen LogP contribution in [0.3, 0.4) is 0 Å². The average Bonchev–Trinajstić information content (AvgIpc) is 2.41. The number of ketones is 1. The molecule has 0 bridgehead atoms. The standard InChI is InChI=1S/C12H8FN3O4/c13-10-4-2-1-3-9(10)11(17)7-15-6-8(16(19)20)5-14-12(15)18/h1-6H,7H2. The zero-order valence-electron chi connectivity index (χ0n) is 10.0. The van der Waals surface area contributed by atoms with Crippen LogP contribution in [0.5, 0.6) is 0 Å². The lowest BCUT2D eigenvalue weighted by molar-refractivity contribution is -0.385. The number of benzene rings is 1. The molecule has 0 saturated heterocycles. The highest BCUT2D eigenvalue weighted by molar-refractivity contribution is 5.96. The van der Waals surface area contributed by atoms with E-state index in [2.05, 4.69) is 4.98 Å². The minimum absolute atomic E-state index is 0.189. The van der Waals surface area contributed by atoms with Crippen molar-refractivity contribution < 1.29 is 14.1 Å². The molecule has 7 nitrogen and oxygen atoms in total. The van der Waals surface area contributed by atoms with Gasteiger partial charge in [0.25, 0.3) is 0 Å². The third-order valence-corrected chi connectivity index (χ3v) is 2.54. The molecular weight excluding hydrogens is 269 g/mol. The number of carbonyl (C=O) groups is 1. The summed E-state index contributed by atoms with van der Waals surface area (Å²) in [5.74, 6) is -1.39. The Balaban J connectivity index is 2.33. The molecule has 0 saturated carbocycles. The van der Waals surface area contributed by atoms with Crippen LogP contribution in [0.1, 0.15) is 10.4 Å². The van der Waals surface area contributed by atoms with Crippen LogP contribution in [-0.4, -0.2) is 20.3 Å². The minimum Gasteiger partial charge on any atom is -0.292 e. The van der Waals surface area contributed by atoms with Gasteiger partial charge in [0, 0.05) is 0 Å². The summed E-state index contributed by atoms with van der Waals surface area (Å²) >= 11 is 0. The van der Waals surface area contributed by atoms with E-state index >= 15 is 0 Å². The Bertz CT molecular complexity index is 741. The number of rotatable bonds is 4. The first-order valence-electron chi connectivity index (χ1n) is 5.47. The van der Waals surface area contributed by atoms with E-state index in [0.717, 1.165) is 23.0 Å². The minimum atomic E-state index is -0.819. The Morgan fingerprint density at radius 3 is 2.75 bits per heavy atom. The summed E-state index contributed by atoms with van der Waals surface area (Å²) in [6.45, 7) is -0.519. The predicted molar refractivity (Wildman–Crippen MR) is 65.9 cm³/mol. The number of aromatic nitrogens is 2. The largest absolute Gasteiger partial charge is 0.348 e. The molecular formula is C12H8FN3O4. The Kier molecular flexibility index (Phi) is 3.65. The summed E-state index contributed by atoms with van der Waals surface area (Å²) in [5.41, 5.74) is -1.43. The molecule has 0 aliphatic heterocycles. The lowest BCUT2D eigenvalue weighted by Gasteiger charge is -2.04. The second-order valence-electron chi connectivity index (χ2n) is 3.88. The van der Waals surface area contributed by atoms with Gasteiger partial charge in [-0.3, -0.25) is 19.5 Å². The summed E-state index contributed by atoms with van der Waals surface area (Å²) < 4.78 is 14.2. The van der Waals surface area contributed by atoms with Crippen molar-refractivity contribution in [3.8, 4) is 0 Å². The van der Waals surface area contributed by atoms with Gasteiger partial charge in [-0.15, -0.1) is 0 Å². The van der Waals surface area contributed by atoms with Crippen LogP contribution < -0.4 is 5.69 Å². The SMILES string of the molecule is O=C(Cn1cc([N+](=O)[O-])cnc1=O)c1ccccc1F. The van der Waals surface area contributed by atoms with E-state index in [4.69, 9.17) is 0 Å². The van der Waals surface area contributed by atoms with Gasteiger partial charge in [0.15, 0.2) is 5.78 Å². The van der Waals surface area contributed by atoms with Crippen molar-refractivity contribution in [1.29, 1.82) is 0 Å². The fourth-order valence-electron chi connectivity index (χ4n) is 1.58. The van der Waals surface area contributed by atoms with E-state index in [1.807, 2.05) is 0 Å². The molecule has 1 aromatic heterocycles. The number of carbonyl (C=O) groups excluding carboxylic acids is 1. The highest BCUT2D eigenvalue weighted by Crippen LogP contribution is 2.09. The van der Waals surface area contributed by atoms with E-state index in [9.17, 15) is 24.1 Å². The first-order valence-corrected chi connectivity index (χ1v) is 5.47. The van der Waals surface area contributed by atoms with E-state index in [0.29, 0.717) is 0 Å². The molecule has 2 rings (SSSR count). The van der Waals surface area contributed by atoms with Gasteiger partial charge < -0.3 is 0 Å². The molecule has 0 amide bonds. The summed E-state index contributed by atoms with van der Waals surface area (Å²) in [5, 5.41) is 10.6. The van der Waals surface area contributed by atoms with E-state index < -0.39 is 34.4 Å². The summed E-state index contributed by atoms with van der Waals surface area (Å²) in [7, 11) is 0. The molecule has 0 aliphatic rings. The molecule has 20 heavy (non-hydrogen) atoms. The second-order valence-corrected chi connectivity index (χ2v) is 3.88. The molecule has 0 radical (unpaired) electrons. The van der Waals surface area contributed by atoms with E-state index in [-0.39, 0.29) is 5.56 Å². The predicted octanol–water partition coefficient (Wildman–Crippen LogP) is 1.17. The fourth-order valence-corrected chi connectivity index (χ4v) is 1.58. The highest BCUT2D eigenvalue weighted by Gasteiger charge is 2.15. The number of hydrogen-bond acceptors (Lipinski definition) is 5. The van der Waals surface area contributed by atoms with Gasteiger partial charge in [-0.05, 0) is 12.1 Å². The molecule has 0 unspecified atom stereocenters. The van der Waals surface area contributed by atoms with Gasteiger partial charge in [-0.2, -0.15) is 4.98 Å². The normalized spacial score (nSPS) is 10.2. The van der Waals surface area contributed by atoms with Crippen LogP contribution in [0.4, 0.5) is 10.1 Å². The first-order chi connectivity index (χ1) is 9.49. The van der Waals surface area contributed by atoms with Crippen molar-refractivity contribution >= 4 is 11.5 Å². The third kappa shape index (κ3) is 2.74. The summed E-state index contributed by atoms with van der Waals surface area (Å²) in [6, 6.07) is 5.28. The van der Waals surface area contributed by atoms with Gasteiger partial charge >= 0.3 is 11.4 Å². The number of nitrogens with zero attached hydrogens (tertiary/aromatic N) is 3. The third-order valence-electron chi connectivity index (χ3n) is 2.54. The molecule has 0 N–H and O–H groups in total.